The molecule has 106 valence electrons. The highest BCUT2D eigenvalue weighted by Gasteiger charge is 2.16. The standard InChI is InChI=1S/C15H13N3O3/c1-9-4-11(21-18-9)7-17-15-12-6-14-13(19-8-20-14)5-10(12)2-3-16-15/h2-6H,7-8H2,1H3,(H,16,17). The van der Waals surface area contributed by atoms with E-state index in [1.165, 1.54) is 0 Å². The Labute approximate surface area is 120 Å². The number of anilines is 1. The average molecular weight is 283 g/mol. The molecule has 4 rings (SSSR count). The summed E-state index contributed by atoms with van der Waals surface area (Å²) < 4.78 is 16.0. The van der Waals surface area contributed by atoms with Crippen molar-refractivity contribution in [3.05, 3.63) is 41.9 Å². The third-order valence-electron chi connectivity index (χ3n) is 3.36. The van der Waals surface area contributed by atoms with Crippen LogP contribution in [0, 0.1) is 6.92 Å². The average Bonchev–Trinajstić information content (AvgIpc) is 3.11. The molecule has 0 unspecified atom stereocenters. The van der Waals surface area contributed by atoms with Gasteiger partial charge in [-0.3, -0.25) is 0 Å². The number of hydrogen-bond donors (Lipinski definition) is 1. The van der Waals surface area contributed by atoms with Crippen LogP contribution in [0.4, 0.5) is 5.82 Å². The second-order valence-electron chi connectivity index (χ2n) is 4.87. The number of ether oxygens (including phenoxy) is 2. The Kier molecular flexibility index (Phi) is 2.67. The third kappa shape index (κ3) is 2.14. The van der Waals surface area contributed by atoms with Gasteiger partial charge in [0.25, 0.3) is 0 Å². The van der Waals surface area contributed by atoms with Crippen LogP contribution in [0.25, 0.3) is 10.8 Å². The highest BCUT2D eigenvalue weighted by molar-refractivity contribution is 5.94. The van der Waals surface area contributed by atoms with Crippen LogP contribution in [0.3, 0.4) is 0 Å². The van der Waals surface area contributed by atoms with Crippen molar-refractivity contribution < 1.29 is 14.0 Å². The smallest absolute Gasteiger partial charge is 0.231 e. The lowest BCUT2D eigenvalue weighted by molar-refractivity contribution is 0.174. The Morgan fingerprint density at radius 2 is 2.05 bits per heavy atom. The van der Waals surface area contributed by atoms with Gasteiger partial charge >= 0.3 is 0 Å². The number of aryl methyl sites for hydroxylation is 1. The number of pyridine rings is 1. The monoisotopic (exact) mass is 283 g/mol. The fourth-order valence-corrected chi connectivity index (χ4v) is 2.37. The maximum absolute atomic E-state index is 5.42. The Hall–Kier alpha value is -2.76. The van der Waals surface area contributed by atoms with Gasteiger partial charge in [0.1, 0.15) is 5.82 Å². The maximum atomic E-state index is 5.42. The number of hydrogen-bond acceptors (Lipinski definition) is 6. The molecule has 1 aliphatic rings. The summed E-state index contributed by atoms with van der Waals surface area (Å²) in [5.74, 6) is 3.06. The molecule has 0 radical (unpaired) electrons. The summed E-state index contributed by atoms with van der Waals surface area (Å²) in [6.45, 7) is 2.68. The molecule has 21 heavy (non-hydrogen) atoms. The van der Waals surface area contributed by atoms with Crippen LogP contribution < -0.4 is 14.8 Å². The third-order valence-corrected chi connectivity index (χ3v) is 3.36. The van der Waals surface area contributed by atoms with Crippen LogP contribution in [0.15, 0.2) is 35.0 Å². The summed E-state index contributed by atoms with van der Waals surface area (Å²) in [6, 6.07) is 7.75. The predicted molar refractivity (Wildman–Crippen MR) is 76.4 cm³/mol. The molecular weight excluding hydrogens is 270 g/mol. The van der Waals surface area contributed by atoms with Crippen molar-refractivity contribution in [2.24, 2.45) is 0 Å². The number of benzene rings is 1. The fraction of sp³-hybridized carbons (Fsp3) is 0.200. The first-order chi connectivity index (χ1) is 10.3. The summed E-state index contributed by atoms with van der Waals surface area (Å²) in [6.07, 6.45) is 1.76. The summed E-state index contributed by atoms with van der Waals surface area (Å²) in [5, 5.41) is 9.16. The van der Waals surface area contributed by atoms with Crippen molar-refractivity contribution in [2.45, 2.75) is 13.5 Å². The lowest BCUT2D eigenvalue weighted by Crippen LogP contribution is -2.01. The molecule has 0 saturated carbocycles. The largest absolute Gasteiger partial charge is 0.454 e. The quantitative estimate of drug-likeness (QED) is 0.797. The molecule has 0 bridgehead atoms. The lowest BCUT2D eigenvalue weighted by Gasteiger charge is -2.08. The fourth-order valence-electron chi connectivity index (χ4n) is 2.37. The second-order valence-corrected chi connectivity index (χ2v) is 4.87. The zero-order valence-electron chi connectivity index (χ0n) is 11.4. The van der Waals surface area contributed by atoms with E-state index in [1.54, 1.807) is 6.20 Å². The molecule has 0 amide bonds. The van der Waals surface area contributed by atoms with Crippen molar-refractivity contribution >= 4 is 16.6 Å². The van der Waals surface area contributed by atoms with Gasteiger partial charge in [0.15, 0.2) is 17.3 Å². The molecule has 2 aromatic heterocycles. The van der Waals surface area contributed by atoms with Gasteiger partial charge in [-0.1, -0.05) is 5.16 Å². The van der Waals surface area contributed by atoms with E-state index in [-0.39, 0.29) is 6.79 Å². The zero-order valence-corrected chi connectivity index (χ0v) is 11.4. The number of nitrogens with zero attached hydrogens (tertiary/aromatic N) is 2. The summed E-state index contributed by atoms with van der Waals surface area (Å²) in [4.78, 5) is 4.38. The van der Waals surface area contributed by atoms with Crippen LogP contribution >= 0.6 is 0 Å². The van der Waals surface area contributed by atoms with Crippen molar-refractivity contribution in [3.63, 3.8) is 0 Å². The van der Waals surface area contributed by atoms with E-state index < -0.39 is 0 Å². The van der Waals surface area contributed by atoms with Crippen LogP contribution in [-0.4, -0.2) is 16.9 Å². The molecule has 0 spiro atoms. The van der Waals surface area contributed by atoms with Gasteiger partial charge in [-0.15, -0.1) is 0 Å². The predicted octanol–water partition coefficient (Wildman–Crippen LogP) is 2.87. The Balaban J connectivity index is 1.68. The topological polar surface area (TPSA) is 69.4 Å². The second kappa shape index (κ2) is 4.66. The number of rotatable bonds is 3. The molecule has 3 aromatic rings. The molecule has 1 N–H and O–H groups in total. The molecule has 1 aromatic carbocycles. The first-order valence-corrected chi connectivity index (χ1v) is 6.64. The Morgan fingerprint density at radius 1 is 1.19 bits per heavy atom. The van der Waals surface area contributed by atoms with E-state index in [4.69, 9.17) is 14.0 Å². The number of nitrogens with one attached hydrogen (secondary N) is 1. The van der Waals surface area contributed by atoms with E-state index in [1.807, 2.05) is 31.2 Å². The molecule has 1 aliphatic heterocycles. The minimum absolute atomic E-state index is 0.263. The molecule has 6 nitrogen and oxygen atoms in total. The first kappa shape index (κ1) is 12.0. The summed E-state index contributed by atoms with van der Waals surface area (Å²) >= 11 is 0. The van der Waals surface area contributed by atoms with E-state index in [9.17, 15) is 0 Å². The molecule has 0 aliphatic carbocycles. The van der Waals surface area contributed by atoms with Gasteiger partial charge in [-0.25, -0.2) is 4.98 Å². The molecule has 6 heteroatoms. The minimum atomic E-state index is 0.263. The van der Waals surface area contributed by atoms with E-state index in [0.29, 0.717) is 6.54 Å². The van der Waals surface area contributed by atoms with Gasteiger partial charge < -0.3 is 19.3 Å². The summed E-state index contributed by atoms with van der Waals surface area (Å²) in [7, 11) is 0. The zero-order chi connectivity index (χ0) is 14.2. The van der Waals surface area contributed by atoms with E-state index >= 15 is 0 Å². The maximum Gasteiger partial charge on any atom is 0.231 e. The lowest BCUT2D eigenvalue weighted by atomic mass is 10.1. The van der Waals surface area contributed by atoms with Crippen LogP contribution in [0.1, 0.15) is 11.5 Å². The molecule has 0 saturated heterocycles. The van der Waals surface area contributed by atoms with Crippen LogP contribution in [0.2, 0.25) is 0 Å². The van der Waals surface area contributed by atoms with Crippen molar-refractivity contribution in [1.29, 1.82) is 0 Å². The van der Waals surface area contributed by atoms with Crippen molar-refractivity contribution in [3.8, 4) is 11.5 Å². The SMILES string of the molecule is Cc1cc(CNc2nccc3cc4c(cc23)OCO4)on1. The van der Waals surface area contributed by atoms with Crippen LogP contribution in [-0.2, 0) is 6.54 Å². The molecule has 0 atom stereocenters. The van der Waals surface area contributed by atoms with Gasteiger partial charge in [-0.05, 0) is 30.5 Å². The van der Waals surface area contributed by atoms with Gasteiger partial charge in [0.05, 0.1) is 12.2 Å². The van der Waals surface area contributed by atoms with Crippen molar-refractivity contribution in [1.82, 2.24) is 10.1 Å². The van der Waals surface area contributed by atoms with Gasteiger partial charge in [-0.2, -0.15) is 0 Å². The normalized spacial score (nSPS) is 12.8. The Bertz CT molecular complexity index is 813. The van der Waals surface area contributed by atoms with E-state index in [2.05, 4.69) is 15.5 Å². The van der Waals surface area contributed by atoms with Gasteiger partial charge in [0, 0.05) is 17.6 Å². The number of aromatic nitrogens is 2. The highest BCUT2D eigenvalue weighted by atomic mass is 16.7. The number of fused-ring (bicyclic) bond motifs is 2. The first-order valence-electron chi connectivity index (χ1n) is 6.64. The van der Waals surface area contributed by atoms with Gasteiger partial charge in [0.2, 0.25) is 6.79 Å². The Morgan fingerprint density at radius 3 is 2.86 bits per heavy atom. The summed E-state index contributed by atoms with van der Waals surface area (Å²) in [5.41, 5.74) is 0.862. The highest BCUT2D eigenvalue weighted by Crippen LogP contribution is 2.37. The molecular formula is C15H13N3O3. The van der Waals surface area contributed by atoms with Crippen LogP contribution in [0.5, 0.6) is 11.5 Å². The minimum Gasteiger partial charge on any atom is -0.454 e. The van der Waals surface area contributed by atoms with E-state index in [0.717, 1.165) is 39.5 Å². The molecule has 3 heterocycles. The molecule has 0 fully saturated rings. The van der Waals surface area contributed by atoms with Crippen molar-refractivity contribution in [2.75, 3.05) is 12.1 Å².